The fraction of sp³-hybridized carbons (Fsp3) is 0.471. The molecule has 5 nitrogen and oxygen atoms in total. The molecule has 1 aromatic carbocycles. The topological polar surface area (TPSA) is 61.2 Å². The van der Waals surface area contributed by atoms with E-state index in [1.807, 2.05) is 45.0 Å². The van der Waals surface area contributed by atoms with Crippen LogP contribution in [0.3, 0.4) is 0 Å². The van der Waals surface area contributed by atoms with Gasteiger partial charge >= 0.3 is 11.7 Å². The number of para-hydroxylation sites is 1. The molecule has 0 radical (unpaired) electrons. The quantitative estimate of drug-likeness (QED) is 0.818. The van der Waals surface area contributed by atoms with Crippen molar-refractivity contribution in [1.29, 1.82) is 0 Å². The van der Waals surface area contributed by atoms with Gasteiger partial charge in [0.05, 0.1) is 24.7 Å². The van der Waals surface area contributed by atoms with E-state index in [-0.39, 0.29) is 37.5 Å². The van der Waals surface area contributed by atoms with Crippen molar-refractivity contribution in [2.75, 3.05) is 7.11 Å². The lowest BCUT2D eigenvalue weighted by molar-refractivity contribution is -0.140. The van der Waals surface area contributed by atoms with Gasteiger partial charge in [0.15, 0.2) is 0 Å². The summed E-state index contributed by atoms with van der Waals surface area (Å²) >= 11 is 0. The van der Waals surface area contributed by atoms with Gasteiger partial charge in [-0.05, 0) is 6.07 Å². The summed E-state index contributed by atoms with van der Waals surface area (Å²) in [7, 11) is 1.34. The van der Waals surface area contributed by atoms with Gasteiger partial charge in [-0.1, -0.05) is 46.4 Å². The highest BCUT2D eigenvalue weighted by Gasteiger charge is 2.21. The first-order valence-electron chi connectivity index (χ1n) is 6.91. The first kappa shape index (κ1) is 17.9. The molecule has 0 saturated carbocycles. The first-order chi connectivity index (χ1) is 9.84. The molecule has 0 bridgehead atoms. The number of methoxy groups -OCH3 is 1. The standard InChI is InChI=1S/C16H20N2O3.CH4/c1-16(2,3)14-11-7-5-6-8-12(11)18(15(20)17-14)10-9-13(19)21-4;/h5-8H,9-10H2,1-4H3;1H4. The number of nitrogens with zero attached hydrogens (tertiary/aromatic N) is 2. The van der Waals surface area contributed by atoms with Gasteiger partial charge < -0.3 is 4.74 Å². The van der Waals surface area contributed by atoms with E-state index >= 15 is 0 Å². The highest BCUT2D eigenvalue weighted by atomic mass is 16.5. The van der Waals surface area contributed by atoms with Crippen LogP contribution in [0.25, 0.3) is 10.9 Å². The van der Waals surface area contributed by atoms with Crippen molar-refractivity contribution in [2.24, 2.45) is 0 Å². The number of ether oxygens (including phenoxy) is 1. The number of carbonyl (C=O) groups excluding carboxylic acids is 1. The molecule has 0 aliphatic carbocycles. The zero-order valence-electron chi connectivity index (χ0n) is 12.8. The lowest BCUT2D eigenvalue weighted by atomic mass is 9.89. The zero-order valence-corrected chi connectivity index (χ0v) is 12.8. The lowest BCUT2D eigenvalue weighted by Gasteiger charge is -2.21. The largest absolute Gasteiger partial charge is 0.469 e. The third-order valence-corrected chi connectivity index (χ3v) is 3.37. The van der Waals surface area contributed by atoms with Crippen LogP contribution in [0.4, 0.5) is 0 Å². The molecule has 2 aromatic rings. The van der Waals surface area contributed by atoms with E-state index in [1.165, 1.54) is 11.7 Å². The molecule has 0 fully saturated rings. The maximum atomic E-state index is 12.3. The fourth-order valence-corrected chi connectivity index (χ4v) is 2.32. The molecule has 0 unspecified atom stereocenters. The molecule has 5 heteroatoms. The molecule has 0 amide bonds. The smallest absolute Gasteiger partial charge is 0.348 e. The number of benzene rings is 1. The van der Waals surface area contributed by atoms with Crippen molar-refractivity contribution in [1.82, 2.24) is 9.55 Å². The minimum atomic E-state index is -0.342. The molecule has 0 N–H and O–H groups in total. The Morgan fingerprint density at radius 2 is 1.91 bits per heavy atom. The summed E-state index contributed by atoms with van der Waals surface area (Å²) in [5, 5.41) is 0.939. The van der Waals surface area contributed by atoms with Gasteiger partial charge in [0.1, 0.15) is 0 Å². The van der Waals surface area contributed by atoms with Crippen molar-refractivity contribution in [3.05, 3.63) is 40.4 Å². The Kier molecular flexibility index (Phi) is 5.47. The van der Waals surface area contributed by atoms with Crippen molar-refractivity contribution in [3.63, 3.8) is 0 Å². The second kappa shape index (κ2) is 6.73. The fourth-order valence-electron chi connectivity index (χ4n) is 2.32. The molecule has 0 aliphatic rings. The predicted octanol–water partition coefficient (Wildman–Crippen LogP) is 2.89. The molecule has 120 valence electrons. The van der Waals surface area contributed by atoms with E-state index in [0.29, 0.717) is 0 Å². The average molecular weight is 304 g/mol. The summed E-state index contributed by atoms with van der Waals surface area (Å²) in [6.45, 7) is 6.35. The normalized spacial score (nSPS) is 11.1. The van der Waals surface area contributed by atoms with Crippen LogP contribution in [0, 0.1) is 0 Å². The predicted molar refractivity (Wildman–Crippen MR) is 88.1 cm³/mol. The van der Waals surface area contributed by atoms with Gasteiger partial charge in [-0.15, -0.1) is 0 Å². The molecule has 0 saturated heterocycles. The maximum Gasteiger partial charge on any atom is 0.348 e. The maximum absolute atomic E-state index is 12.3. The number of aromatic nitrogens is 2. The van der Waals surface area contributed by atoms with Gasteiger partial charge in [0, 0.05) is 17.3 Å². The van der Waals surface area contributed by atoms with Crippen LogP contribution in [0.1, 0.15) is 40.3 Å². The Bertz CT molecular complexity index is 727. The summed E-state index contributed by atoms with van der Waals surface area (Å²) in [5.74, 6) is -0.342. The van der Waals surface area contributed by atoms with Gasteiger partial charge in [-0.2, -0.15) is 4.98 Å². The molecule has 2 rings (SSSR count). The Labute approximate surface area is 130 Å². The second-order valence-electron chi connectivity index (χ2n) is 5.99. The molecule has 0 spiro atoms. The molecular weight excluding hydrogens is 280 g/mol. The van der Waals surface area contributed by atoms with E-state index in [0.717, 1.165) is 16.6 Å². The third-order valence-electron chi connectivity index (χ3n) is 3.37. The molecule has 22 heavy (non-hydrogen) atoms. The Morgan fingerprint density at radius 1 is 1.27 bits per heavy atom. The zero-order chi connectivity index (χ0) is 15.6. The molecule has 1 heterocycles. The summed E-state index contributed by atoms with van der Waals surface area (Å²) in [6.07, 6.45) is 0.150. The summed E-state index contributed by atoms with van der Waals surface area (Å²) in [5.41, 5.74) is 1.02. The van der Waals surface area contributed by atoms with Gasteiger partial charge in [0.25, 0.3) is 0 Å². The highest BCUT2D eigenvalue weighted by Crippen LogP contribution is 2.26. The lowest BCUT2D eigenvalue weighted by Crippen LogP contribution is -2.29. The molecule has 0 aliphatic heterocycles. The van der Waals surface area contributed by atoms with E-state index in [4.69, 9.17) is 0 Å². The van der Waals surface area contributed by atoms with E-state index in [9.17, 15) is 9.59 Å². The Morgan fingerprint density at radius 3 is 2.50 bits per heavy atom. The molecular formula is C17H24N2O3. The number of hydrogen-bond acceptors (Lipinski definition) is 4. The SMILES string of the molecule is C.COC(=O)CCn1c(=O)nc(C(C)(C)C)c2ccccc21. The molecule has 0 atom stereocenters. The van der Waals surface area contributed by atoms with Crippen molar-refractivity contribution in [3.8, 4) is 0 Å². The number of rotatable bonds is 3. The Balaban J connectivity index is 0.00000242. The van der Waals surface area contributed by atoms with Crippen LogP contribution in [0.15, 0.2) is 29.1 Å². The number of esters is 1. The summed E-state index contributed by atoms with van der Waals surface area (Å²) in [6, 6.07) is 7.64. The van der Waals surface area contributed by atoms with Crippen LogP contribution in [0.5, 0.6) is 0 Å². The molecule has 1 aromatic heterocycles. The number of fused-ring (bicyclic) bond motifs is 1. The first-order valence-corrected chi connectivity index (χ1v) is 6.91. The van der Waals surface area contributed by atoms with Crippen molar-refractivity contribution < 1.29 is 9.53 Å². The summed E-state index contributed by atoms with van der Waals surface area (Å²) in [4.78, 5) is 27.8. The number of hydrogen-bond donors (Lipinski definition) is 0. The van der Waals surface area contributed by atoms with E-state index in [1.54, 1.807) is 0 Å². The van der Waals surface area contributed by atoms with Crippen molar-refractivity contribution >= 4 is 16.9 Å². The third kappa shape index (κ3) is 3.53. The monoisotopic (exact) mass is 304 g/mol. The second-order valence-corrected chi connectivity index (χ2v) is 5.99. The van der Waals surface area contributed by atoms with Crippen LogP contribution in [-0.4, -0.2) is 22.6 Å². The van der Waals surface area contributed by atoms with E-state index in [2.05, 4.69) is 9.72 Å². The van der Waals surface area contributed by atoms with Gasteiger partial charge in [-0.25, -0.2) is 4.79 Å². The average Bonchev–Trinajstić information content (AvgIpc) is 2.44. The van der Waals surface area contributed by atoms with Gasteiger partial charge in [0.2, 0.25) is 0 Å². The minimum Gasteiger partial charge on any atom is -0.469 e. The number of aryl methyl sites for hydroxylation is 1. The van der Waals surface area contributed by atoms with E-state index < -0.39 is 0 Å². The minimum absolute atomic E-state index is 0. The van der Waals surface area contributed by atoms with Crippen molar-refractivity contribution in [2.45, 2.75) is 46.6 Å². The summed E-state index contributed by atoms with van der Waals surface area (Å²) < 4.78 is 6.16. The van der Waals surface area contributed by atoms with Crippen LogP contribution in [0.2, 0.25) is 0 Å². The van der Waals surface area contributed by atoms with Gasteiger partial charge in [-0.3, -0.25) is 9.36 Å². The highest BCUT2D eigenvalue weighted by molar-refractivity contribution is 5.82. The van der Waals surface area contributed by atoms with Crippen LogP contribution in [-0.2, 0) is 21.5 Å². The Hall–Kier alpha value is -2.17. The number of carbonyl (C=O) groups is 1. The van der Waals surface area contributed by atoms with Crippen LogP contribution >= 0.6 is 0 Å². The van der Waals surface area contributed by atoms with Crippen LogP contribution < -0.4 is 5.69 Å².